The van der Waals surface area contributed by atoms with Crippen molar-refractivity contribution in [1.29, 1.82) is 0 Å². The minimum Gasteiger partial charge on any atom is -0.506 e. The smallest absolute Gasteiger partial charge is 0.147 e. The first-order valence-corrected chi connectivity index (χ1v) is 5.07. The Hall–Kier alpha value is -1.06. The molecule has 0 aliphatic heterocycles. The van der Waals surface area contributed by atoms with Crippen molar-refractivity contribution in [2.45, 2.75) is 19.4 Å². The van der Waals surface area contributed by atoms with Gasteiger partial charge in [0.25, 0.3) is 0 Å². The van der Waals surface area contributed by atoms with Gasteiger partial charge in [0.1, 0.15) is 11.5 Å². The molecular formula is C11H14ClNO2. The lowest BCUT2D eigenvalue weighted by Gasteiger charge is -2.12. The number of carbonyl (C=O) groups is 1. The molecule has 1 aromatic rings. The fourth-order valence-corrected chi connectivity index (χ4v) is 1.57. The Morgan fingerprint density at radius 3 is 2.73 bits per heavy atom. The first kappa shape index (κ1) is 12.0. The predicted molar refractivity (Wildman–Crippen MR) is 60.3 cm³/mol. The minimum absolute atomic E-state index is 0.0595. The lowest BCUT2D eigenvalue weighted by Crippen LogP contribution is -2.34. The van der Waals surface area contributed by atoms with Crippen LogP contribution in [0.2, 0.25) is 5.02 Å². The number of carbonyl (C=O) groups excluding carboxylic acids is 1. The largest absolute Gasteiger partial charge is 0.506 e. The summed E-state index contributed by atoms with van der Waals surface area (Å²) in [4.78, 5) is 11.2. The minimum atomic E-state index is -0.203. The van der Waals surface area contributed by atoms with Crippen molar-refractivity contribution < 1.29 is 9.90 Å². The molecular weight excluding hydrogens is 214 g/mol. The van der Waals surface area contributed by atoms with Crippen molar-refractivity contribution in [3.05, 3.63) is 28.8 Å². The highest BCUT2D eigenvalue weighted by atomic mass is 35.5. The van der Waals surface area contributed by atoms with E-state index in [-0.39, 0.29) is 17.6 Å². The summed E-state index contributed by atoms with van der Waals surface area (Å²) < 4.78 is 0. The molecule has 3 nitrogen and oxygen atoms in total. The molecule has 1 unspecified atom stereocenters. The van der Waals surface area contributed by atoms with Crippen LogP contribution in [0.5, 0.6) is 5.75 Å². The standard InChI is InChI=1S/C11H14ClNO2/c1-7(14)10(13-2)6-8-3-4-11(15)9(12)5-8/h3-5,10,13,15H,6H2,1-2H3. The molecule has 1 rings (SSSR count). The van der Waals surface area contributed by atoms with Gasteiger partial charge in [-0.1, -0.05) is 17.7 Å². The lowest BCUT2D eigenvalue weighted by atomic mass is 10.0. The maximum Gasteiger partial charge on any atom is 0.147 e. The van der Waals surface area contributed by atoms with Crippen LogP contribution in [0.4, 0.5) is 0 Å². The number of likely N-dealkylation sites (N-methyl/N-ethyl adjacent to an activating group) is 1. The second-order valence-electron chi connectivity index (χ2n) is 3.44. The summed E-state index contributed by atoms with van der Waals surface area (Å²) >= 11 is 5.76. The van der Waals surface area contributed by atoms with E-state index in [0.717, 1.165) is 5.56 Å². The summed E-state index contributed by atoms with van der Waals surface area (Å²) in [5.74, 6) is 0.144. The first-order valence-electron chi connectivity index (χ1n) is 4.69. The second kappa shape index (κ2) is 5.14. The predicted octanol–water partition coefficient (Wildman–Crippen LogP) is 1.77. The van der Waals surface area contributed by atoms with Crippen molar-refractivity contribution in [3.63, 3.8) is 0 Å². The summed E-state index contributed by atoms with van der Waals surface area (Å²) in [6, 6.07) is 4.76. The van der Waals surface area contributed by atoms with Crippen LogP contribution in [0.15, 0.2) is 18.2 Å². The van der Waals surface area contributed by atoms with Gasteiger partial charge in [0, 0.05) is 0 Å². The zero-order chi connectivity index (χ0) is 11.4. The number of phenols is 1. The highest BCUT2D eigenvalue weighted by Crippen LogP contribution is 2.24. The van der Waals surface area contributed by atoms with E-state index in [1.165, 1.54) is 6.07 Å². The molecule has 1 aromatic carbocycles. The molecule has 15 heavy (non-hydrogen) atoms. The molecule has 0 aromatic heterocycles. The second-order valence-corrected chi connectivity index (χ2v) is 3.85. The van der Waals surface area contributed by atoms with E-state index in [1.54, 1.807) is 26.1 Å². The number of nitrogens with one attached hydrogen (secondary N) is 1. The number of phenolic OH excluding ortho intramolecular Hbond substituents is 1. The monoisotopic (exact) mass is 227 g/mol. The van der Waals surface area contributed by atoms with E-state index in [2.05, 4.69) is 5.32 Å². The van der Waals surface area contributed by atoms with Gasteiger partial charge in [-0.15, -0.1) is 0 Å². The number of hydrogen-bond donors (Lipinski definition) is 2. The third kappa shape index (κ3) is 3.22. The van der Waals surface area contributed by atoms with Crippen LogP contribution in [0, 0.1) is 0 Å². The molecule has 0 fully saturated rings. The fourth-order valence-electron chi connectivity index (χ4n) is 1.36. The SMILES string of the molecule is CNC(Cc1ccc(O)c(Cl)c1)C(C)=O. The number of rotatable bonds is 4. The molecule has 0 aliphatic carbocycles. The van der Waals surface area contributed by atoms with Crippen LogP contribution < -0.4 is 5.32 Å². The van der Waals surface area contributed by atoms with E-state index in [4.69, 9.17) is 11.6 Å². The Morgan fingerprint density at radius 2 is 2.27 bits per heavy atom. The van der Waals surface area contributed by atoms with Crippen LogP contribution >= 0.6 is 11.6 Å². The van der Waals surface area contributed by atoms with Crippen molar-refractivity contribution in [2.75, 3.05) is 7.05 Å². The van der Waals surface area contributed by atoms with E-state index in [0.29, 0.717) is 11.4 Å². The van der Waals surface area contributed by atoms with Gasteiger partial charge < -0.3 is 10.4 Å². The Balaban J connectivity index is 2.80. The normalized spacial score (nSPS) is 12.5. The zero-order valence-electron chi connectivity index (χ0n) is 8.75. The molecule has 0 radical (unpaired) electrons. The van der Waals surface area contributed by atoms with Gasteiger partial charge in [0.05, 0.1) is 11.1 Å². The molecule has 0 saturated heterocycles. The summed E-state index contributed by atoms with van der Waals surface area (Å²) in [6.45, 7) is 1.54. The van der Waals surface area contributed by atoms with Gasteiger partial charge >= 0.3 is 0 Å². The number of ketones is 1. The van der Waals surface area contributed by atoms with Crippen molar-refractivity contribution in [3.8, 4) is 5.75 Å². The van der Waals surface area contributed by atoms with Gasteiger partial charge in [0.15, 0.2) is 0 Å². The third-order valence-electron chi connectivity index (χ3n) is 2.29. The van der Waals surface area contributed by atoms with Gasteiger partial charge in [-0.25, -0.2) is 0 Å². The Kier molecular flexibility index (Phi) is 4.12. The molecule has 0 amide bonds. The molecule has 4 heteroatoms. The van der Waals surface area contributed by atoms with E-state index in [1.807, 2.05) is 0 Å². The average Bonchev–Trinajstić information content (AvgIpc) is 2.19. The van der Waals surface area contributed by atoms with Crippen LogP contribution in [-0.4, -0.2) is 24.0 Å². The summed E-state index contributed by atoms with van der Waals surface area (Å²) in [5.41, 5.74) is 0.923. The summed E-state index contributed by atoms with van der Waals surface area (Å²) in [7, 11) is 1.74. The molecule has 0 saturated carbocycles. The van der Waals surface area contributed by atoms with Gasteiger partial charge in [0.2, 0.25) is 0 Å². The number of benzene rings is 1. The first-order chi connectivity index (χ1) is 7.04. The maximum atomic E-state index is 11.2. The number of Topliss-reactive ketones (excluding diaryl/α,β-unsaturated/α-hetero) is 1. The topological polar surface area (TPSA) is 49.3 Å². The lowest BCUT2D eigenvalue weighted by molar-refractivity contribution is -0.118. The Morgan fingerprint density at radius 1 is 1.60 bits per heavy atom. The Bertz CT molecular complexity index is 366. The van der Waals surface area contributed by atoms with Crippen LogP contribution in [-0.2, 0) is 11.2 Å². The molecule has 0 spiro atoms. The zero-order valence-corrected chi connectivity index (χ0v) is 9.51. The fraction of sp³-hybridized carbons (Fsp3) is 0.364. The van der Waals surface area contributed by atoms with Crippen LogP contribution in [0.3, 0.4) is 0 Å². The molecule has 2 N–H and O–H groups in total. The van der Waals surface area contributed by atoms with E-state index < -0.39 is 0 Å². The summed E-state index contributed by atoms with van der Waals surface area (Å²) in [5, 5.41) is 12.5. The van der Waals surface area contributed by atoms with E-state index in [9.17, 15) is 9.90 Å². The molecule has 0 aliphatic rings. The molecule has 0 bridgehead atoms. The highest BCUT2D eigenvalue weighted by molar-refractivity contribution is 6.32. The number of aromatic hydroxyl groups is 1. The molecule has 1 atom stereocenters. The quantitative estimate of drug-likeness (QED) is 0.824. The molecule has 82 valence electrons. The number of hydrogen-bond acceptors (Lipinski definition) is 3. The third-order valence-corrected chi connectivity index (χ3v) is 2.59. The van der Waals surface area contributed by atoms with E-state index >= 15 is 0 Å². The van der Waals surface area contributed by atoms with Gasteiger partial charge in [-0.2, -0.15) is 0 Å². The summed E-state index contributed by atoms with van der Waals surface area (Å²) in [6.07, 6.45) is 0.575. The average molecular weight is 228 g/mol. The Labute approximate surface area is 94.1 Å². The van der Waals surface area contributed by atoms with Crippen molar-refractivity contribution in [1.82, 2.24) is 5.32 Å². The van der Waals surface area contributed by atoms with Gasteiger partial charge in [-0.3, -0.25) is 4.79 Å². The van der Waals surface area contributed by atoms with Crippen LogP contribution in [0.1, 0.15) is 12.5 Å². The van der Waals surface area contributed by atoms with Crippen molar-refractivity contribution >= 4 is 17.4 Å². The highest BCUT2D eigenvalue weighted by Gasteiger charge is 2.12. The molecule has 0 heterocycles. The van der Waals surface area contributed by atoms with Gasteiger partial charge in [-0.05, 0) is 38.1 Å². The maximum absolute atomic E-state index is 11.2. The van der Waals surface area contributed by atoms with Crippen LogP contribution in [0.25, 0.3) is 0 Å². The van der Waals surface area contributed by atoms with Crippen molar-refractivity contribution in [2.24, 2.45) is 0 Å². The number of halogens is 1.